The number of hydrogen-bond donors (Lipinski definition) is 1. The molecule has 6 nitrogen and oxygen atoms in total. The first-order valence-corrected chi connectivity index (χ1v) is 7.57. The van der Waals surface area contributed by atoms with Crippen molar-refractivity contribution in [1.29, 1.82) is 0 Å². The van der Waals surface area contributed by atoms with E-state index in [2.05, 4.69) is 5.73 Å². The molecular formula is C12H16NO5P-2. The summed E-state index contributed by atoms with van der Waals surface area (Å²) in [6, 6.07) is 8.87. The average Bonchev–Trinajstić information content (AvgIpc) is 2.28. The van der Waals surface area contributed by atoms with Gasteiger partial charge in [0, 0.05) is 12.8 Å². The van der Waals surface area contributed by atoms with Gasteiger partial charge in [0.2, 0.25) is 0 Å². The number of carbonyl (C=O) groups excluding carboxylic acids is 1. The van der Waals surface area contributed by atoms with Gasteiger partial charge >= 0.3 is 0 Å². The van der Waals surface area contributed by atoms with Crippen molar-refractivity contribution >= 4 is 13.6 Å². The van der Waals surface area contributed by atoms with Crippen LogP contribution in [-0.2, 0) is 15.8 Å². The fraction of sp³-hybridized carbons (Fsp3) is 0.417. The summed E-state index contributed by atoms with van der Waals surface area (Å²) < 4.78 is 10.5. The van der Waals surface area contributed by atoms with Crippen molar-refractivity contribution in [2.45, 2.75) is 24.8 Å². The summed E-state index contributed by atoms with van der Waals surface area (Å²) in [5.41, 5.74) is 2.98. The number of carboxylic acid groups (broad SMARTS) is 1. The van der Waals surface area contributed by atoms with E-state index in [1.165, 1.54) is 0 Å². The second-order valence-corrected chi connectivity index (χ2v) is 6.34. The molecule has 0 saturated carbocycles. The van der Waals surface area contributed by atoms with Gasteiger partial charge in [-0.1, -0.05) is 37.9 Å². The first-order chi connectivity index (χ1) is 8.73. The highest BCUT2D eigenvalue weighted by Crippen LogP contribution is 2.26. The summed E-state index contributed by atoms with van der Waals surface area (Å²) in [4.78, 5) is 32.3. The molecule has 0 radical (unpaired) electrons. The Hall–Kier alpha value is -1.20. The number of aliphatic carboxylic acids is 1. The molecule has 1 rings (SSSR count). The fourth-order valence-electron chi connectivity index (χ4n) is 1.86. The van der Waals surface area contributed by atoms with Gasteiger partial charge in [0.1, 0.15) is 11.5 Å². The van der Waals surface area contributed by atoms with Crippen LogP contribution in [0.3, 0.4) is 0 Å². The second kappa shape index (κ2) is 6.30. The molecule has 1 atom stereocenters. The topological polar surface area (TPSA) is 131 Å². The number of quaternary nitrogens is 1. The fourth-order valence-corrected chi connectivity index (χ4v) is 2.41. The van der Waals surface area contributed by atoms with Crippen molar-refractivity contribution in [2.24, 2.45) is 0 Å². The number of hydrogen-bond acceptors (Lipinski definition) is 5. The van der Waals surface area contributed by atoms with Gasteiger partial charge in [-0.2, -0.15) is 0 Å². The zero-order valence-electron chi connectivity index (χ0n) is 10.4. The summed E-state index contributed by atoms with van der Waals surface area (Å²) in [7, 11) is -4.61. The van der Waals surface area contributed by atoms with Gasteiger partial charge in [0.05, 0.1) is 0 Å². The Kier molecular flexibility index (Phi) is 5.26. The molecule has 19 heavy (non-hydrogen) atoms. The lowest BCUT2D eigenvalue weighted by molar-refractivity contribution is -0.487. The van der Waals surface area contributed by atoms with Crippen LogP contribution in [-0.4, -0.2) is 17.7 Å². The lowest BCUT2D eigenvalue weighted by Crippen LogP contribution is -2.80. The Morgan fingerprint density at radius 3 is 2.32 bits per heavy atom. The first kappa shape index (κ1) is 15.9. The predicted molar refractivity (Wildman–Crippen MR) is 62.5 cm³/mol. The first-order valence-electron chi connectivity index (χ1n) is 5.85. The van der Waals surface area contributed by atoms with E-state index in [4.69, 9.17) is 0 Å². The highest BCUT2D eigenvalue weighted by molar-refractivity contribution is 7.48. The lowest BCUT2D eigenvalue weighted by Gasteiger charge is -2.32. The molecule has 0 aliphatic carbocycles. The molecule has 3 N–H and O–H groups in total. The van der Waals surface area contributed by atoms with Crippen molar-refractivity contribution in [3.05, 3.63) is 35.9 Å². The van der Waals surface area contributed by atoms with Crippen LogP contribution >= 0.6 is 7.60 Å². The Balaban J connectivity index is 2.69. The van der Waals surface area contributed by atoms with Gasteiger partial charge in [0.15, 0.2) is 0 Å². The third-order valence-corrected chi connectivity index (χ3v) is 3.77. The average molecular weight is 285 g/mol. The molecule has 0 unspecified atom stereocenters. The molecule has 1 aromatic carbocycles. The van der Waals surface area contributed by atoms with Gasteiger partial charge in [-0.15, -0.1) is 0 Å². The molecule has 1 aromatic rings. The monoisotopic (exact) mass is 285 g/mol. The van der Waals surface area contributed by atoms with Gasteiger partial charge in [-0.25, -0.2) is 0 Å². The highest BCUT2D eigenvalue weighted by Gasteiger charge is 2.31. The molecule has 0 aliphatic rings. The minimum atomic E-state index is -4.61. The van der Waals surface area contributed by atoms with Gasteiger partial charge in [-0.3, -0.25) is 0 Å². The molecule has 0 bridgehead atoms. The Morgan fingerprint density at radius 2 is 1.84 bits per heavy atom. The predicted octanol–water partition coefficient (Wildman–Crippen LogP) is -2.35. The molecule has 0 spiro atoms. The zero-order valence-corrected chi connectivity index (χ0v) is 11.3. The van der Waals surface area contributed by atoms with Crippen molar-refractivity contribution in [3.8, 4) is 0 Å². The molecule has 106 valence electrons. The molecule has 0 saturated heterocycles. The quantitative estimate of drug-likeness (QED) is 0.560. The van der Waals surface area contributed by atoms with E-state index in [9.17, 15) is 24.3 Å². The van der Waals surface area contributed by atoms with Crippen molar-refractivity contribution < 1.29 is 30.0 Å². The van der Waals surface area contributed by atoms with Gasteiger partial charge in [0.25, 0.3) is 0 Å². The minimum absolute atomic E-state index is 0.0152. The van der Waals surface area contributed by atoms with Gasteiger partial charge < -0.3 is 30.0 Å². The molecule has 0 fully saturated rings. The van der Waals surface area contributed by atoms with Crippen LogP contribution in [0, 0.1) is 0 Å². The van der Waals surface area contributed by atoms with E-state index < -0.39 is 25.3 Å². The minimum Gasteiger partial charge on any atom is -0.811 e. The molecule has 0 amide bonds. The second-order valence-electron chi connectivity index (χ2n) is 4.67. The molecule has 0 aromatic heterocycles. The van der Waals surface area contributed by atoms with E-state index in [-0.39, 0.29) is 19.3 Å². The summed E-state index contributed by atoms with van der Waals surface area (Å²) >= 11 is 0. The maximum atomic E-state index is 11.2. The van der Waals surface area contributed by atoms with Crippen LogP contribution < -0.4 is 20.6 Å². The summed E-state index contributed by atoms with van der Waals surface area (Å²) in [6.07, 6.45) is -0.474. The van der Waals surface area contributed by atoms with E-state index in [0.29, 0.717) is 0 Å². The zero-order chi connectivity index (χ0) is 14.5. The SMILES string of the molecule is [NH3+][C@@](CCCP(=O)([O-])[O-])(Cc1ccccc1)C(=O)[O-]. The van der Waals surface area contributed by atoms with Crippen LogP contribution in [0.5, 0.6) is 0 Å². The maximum absolute atomic E-state index is 11.2. The van der Waals surface area contributed by atoms with E-state index >= 15 is 0 Å². The molecule has 0 heterocycles. The van der Waals surface area contributed by atoms with Crippen LogP contribution in [0.1, 0.15) is 18.4 Å². The van der Waals surface area contributed by atoms with Crippen molar-refractivity contribution in [3.63, 3.8) is 0 Å². The molecule has 0 aliphatic heterocycles. The Labute approximate surface area is 111 Å². The van der Waals surface area contributed by atoms with Gasteiger partial charge in [-0.05, 0) is 18.1 Å². The number of benzene rings is 1. The van der Waals surface area contributed by atoms with Crippen molar-refractivity contribution in [2.75, 3.05) is 6.16 Å². The normalized spacial score (nSPS) is 14.9. The smallest absolute Gasteiger partial charge is 0.139 e. The summed E-state index contributed by atoms with van der Waals surface area (Å²) in [6.45, 7) is 0. The third kappa shape index (κ3) is 5.53. The number of rotatable bonds is 7. The number of carboxylic acids is 1. The van der Waals surface area contributed by atoms with E-state index in [1.807, 2.05) is 0 Å². The maximum Gasteiger partial charge on any atom is 0.139 e. The molecule has 7 heteroatoms. The van der Waals surface area contributed by atoms with Crippen LogP contribution in [0.2, 0.25) is 0 Å². The lowest BCUT2D eigenvalue weighted by atomic mass is 9.87. The Morgan fingerprint density at radius 1 is 1.26 bits per heavy atom. The van der Waals surface area contributed by atoms with Crippen LogP contribution in [0.15, 0.2) is 30.3 Å². The number of carbonyl (C=O) groups is 1. The molecular weight excluding hydrogens is 269 g/mol. The van der Waals surface area contributed by atoms with Crippen molar-refractivity contribution in [1.82, 2.24) is 0 Å². The largest absolute Gasteiger partial charge is 0.811 e. The van der Waals surface area contributed by atoms with Crippen LogP contribution in [0.4, 0.5) is 0 Å². The third-order valence-electron chi connectivity index (χ3n) is 2.91. The van der Waals surface area contributed by atoms with E-state index in [1.54, 1.807) is 30.3 Å². The van der Waals surface area contributed by atoms with E-state index in [0.717, 1.165) is 5.56 Å². The standard InChI is InChI=1S/C12H18NO5P/c13-12(11(14)15,7-4-8-19(16,17)18)9-10-5-2-1-3-6-10/h1-3,5-6H,4,7-9,13H2,(H,14,15)(H2,16,17,18)/p-2/t12-/m0/s1. The Bertz CT molecular complexity index is 472. The summed E-state index contributed by atoms with van der Waals surface area (Å²) in [5.74, 6) is -1.34. The highest BCUT2D eigenvalue weighted by atomic mass is 31.2. The summed E-state index contributed by atoms with van der Waals surface area (Å²) in [5, 5.41) is 11.2. The van der Waals surface area contributed by atoms with Crippen LogP contribution in [0.25, 0.3) is 0 Å².